The molecule has 3 rings (SSSR count). The molecule has 2 aliphatic carbocycles. The van der Waals surface area contributed by atoms with Crippen molar-refractivity contribution >= 4 is 5.97 Å². The summed E-state index contributed by atoms with van der Waals surface area (Å²) in [4.78, 5) is 10.8. The van der Waals surface area contributed by atoms with Gasteiger partial charge in [-0.2, -0.15) is 0 Å². The molecular formula is C14H14O2. The first kappa shape index (κ1) is 9.64. The largest absolute Gasteiger partial charge is 0.478 e. The number of aromatic carboxylic acids is 1. The monoisotopic (exact) mass is 214 g/mol. The molecular weight excluding hydrogens is 200 g/mol. The molecule has 2 heteroatoms. The van der Waals surface area contributed by atoms with E-state index in [0.29, 0.717) is 5.56 Å². The number of hydrogen-bond donors (Lipinski definition) is 1. The van der Waals surface area contributed by atoms with E-state index in [1.54, 1.807) is 12.1 Å². The Bertz CT molecular complexity index is 458. The molecule has 2 unspecified atom stereocenters. The third kappa shape index (κ3) is 1.29. The first-order valence-electron chi connectivity index (χ1n) is 5.73. The highest BCUT2D eigenvalue weighted by Crippen LogP contribution is 2.50. The highest BCUT2D eigenvalue weighted by Gasteiger charge is 2.41. The molecule has 0 aliphatic heterocycles. The van der Waals surface area contributed by atoms with Crippen molar-refractivity contribution in [2.45, 2.75) is 24.7 Å². The minimum Gasteiger partial charge on any atom is -0.478 e. The normalized spacial score (nSPS) is 30.9. The van der Waals surface area contributed by atoms with Crippen molar-refractivity contribution in [3.8, 4) is 0 Å². The van der Waals surface area contributed by atoms with Gasteiger partial charge in [0, 0.05) is 5.41 Å². The minimum absolute atomic E-state index is 0.210. The van der Waals surface area contributed by atoms with Gasteiger partial charge in [-0.3, -0.25) is 0 Å². The SMILES string of the molecule is O=C(O)c1ccc(C23C=CC(CC2)C3)cc1. The van der Waals surface area contributed by atoms with Gasteiger partial charge in [-0.15, -0.1) is 0 Å². The Morgan fingerprint density at radius 3 is 2.50 bits per heavy atom. The van der Waals surface area contributed by atoms with Crippen LogP contribution < -0.4 is 0 Å². The molecule has 0 radical (unpaired) electrons. The van der Waals surface area contributed by atoms with Gasteiger partial charge in [0.1, 0.15) is 0 Å². The van der Waals surface area contributed by atoms with E-state index in [1.807, 2.05) is 12.1 Å². The van der Waals surface area contributed by atoms with Gasteiger partial charge in [0.2, 0.25) is 0 Å². The number of fused-ring (bicyclic) bond motifs is 2. The van der Waals surface area contributed by atoms with E-state index in [9.17, 15) is 4.79 Å². The Balaban J connectivity index is 1.96. The van der Waals surface area contributed by atoms with Crippen LogP contribution in [0.2, 0.25) is 0 Å². The number of carbonyl (C=O) groups is 1. The van der Waals surface area contributed by atoms with Crippen LogP contribution in [0, 0.1) is 5.92 Å². The van der Waals surface area contributed by atoms with Crippen LogP contribution in [0.5, 0.6) is 0 Å². The maximum Gasteiger partial charge on any atom is 0.335 e. The summed E-state index contributed by atoms with van der Waals surface area (Å²) in [5.74, 6) is -0.102. The first-order valence-corrected chi connectivity index (χ1v) is 5.73. The zero-order valence-corrected chi connectivity index (χ0v) is 9.02. The molecule has 2 aliphatic rings. The second kappa shape index (κ2) is 3.21. The summed E-state index contributed by atoms with van der Waals surface area (Å²) in [6.07, 6.45) is 8.32. The Hall–Kier alpha value is -1.57. The standard InChI is InChI=1S/C14H14O2/c15-13(16)11-1-3-12(4-2-11)14-7-5-10(9-14)6-8-14/h1-5,7,10H,6,8-9H2,(H,15,16). The molecule has 1 saturated carbocycles. The predicted octanol–water partition coefficient (Wildman–Crippen LogP) is 2.99. The summed E-state index contributed by atoms with van der Waals surface area (Å²) in [5, 5.41) is 8.86. The molecule has 1 aromatic rings. The molecule has 1 fully saturated rings. The lowest BCUT2D eigenvalue weighted by Crippen LogP contribution is -2.17. The summed E-state index contributed by atoms with van der Waals surface area (Å²) in [6, 6.07) is 7.38. The zero-order chi connectivity index (χ0) is 11.2. The summed E-state index contributed by atoms with van der Waals surface area (Å²) in [5.41, 5.74) is 1.85. The zero-order valence-electron chi connectivity index (χ0n) is 9.02. The number of carboxylic acids is 1. The maximum atomic E-state index is 10.8. The molecule has 1 N–H and O–H groups in total. The third-order valence-electron chi connectivity index (χ3n) is 3.98. The lowest BCUT2D eigenvalue weighted by molar-refractivity contribution is 0.0697. The van der Waals surface area contributed by atoms with Crippen LogP contribution in [0.25, 0.3) is 0 Å². The molecule has 0 aromatic heterocycles. The van der Waals surface area contributed by atoms with Crippen LogP contribution in [-0.2, 0) is 5.41 Å². The fourth-order valence-corrected chi connectivity index (χ4v) is 3.05. The Morgan fingerprint density at radius 2 is 2.06 bits per heavy atom. The van der Waals surface area contributed by atoms with Crippen LogP contribution in [0.15, 0.2) is 36.4 Å². The molecule has 16 heavy (non-hydrogen) atoms. The second-order valence-electron chi connectivity index (χ2n) is 4.90. The molecule has 2 bridgehead atoms. The van der Waals surface area contributed by atoms with Gasteiger partial charge in [0.05, 0.1) is 5.56 Å². The maximum absolute atomic E-state index is 10.8. The molecule has 0 spiro atoms. The van der Waals surface area contributed by atoms with Gasteiger partial charge >= 0.3 is 5.97 Å². The second-order valence-corrected chi connectivity index (χ2v) is 4.90. The van der Waals surface area contributed by atoms with Gasteiger partial charge < -0.3 is 5.11 Å². The van der Waals surface area contributed by atoms with Gasteiger partial charge in [0.15, 0.2) is 0 Å². The molecule has 0 saturated heterocycles. The van der Waals surface area contributed by atoms with Crippen LogP contribution in [0.4, 0.5) is 0 Å². The summed E-state index contributed by atoms with van der Waals surface area (Å²) < 4.78 is 0. The van der Waals surface area contributed by atoms with Crippen molar-refractivity contribution < 1.29 is 9.90 Å². The van der Waals surface area contributed by atoms with Gasteiger partial charge in [-0.25, -0.2) is 4.79 Å². The number of allylic oxidation sites excluding steroid dienone is 2. The predicted molar refractivity (Wildman–Crippen MR) is 61.6 cm³/mol. The van der Waals surface area contributed by atoms with Crippen molar-refractivity contribution in [3.05, 3.63) is 47.5 Å². The van der Waals surface area contributed by atoms with Gasteiger partial charge in [0.25, 0.3) is 0 Å². The number of rotatable bonds is 2. The quantitative estimate of drug-likeness (QED) is 0.768. The van der Waals surface area contributed by atoms with Crippen molar-refractivity contribution in [2.75, 3.05) is 0 Å². The molecule has 0 heterocycles. The lowest BCUT2D eigenvalue weighted by atomic mass is 9.80. The van der Waals surface area contributed by atoms with E-state index in [1.165, 1.54) is 24.8 Å². The Kier molecular flexibility index (Phi) is 1.93. The van der Waals surface area contributed by atoms with E-state index in [-0.39, 0.29) is 5.41 Å². The van der Waals surface area contributed by atoms with Crippen LogP contribution in [0.3, 0.4) is 0 Å². The fraction of sp³-hybridized carbons (Fsp3) is 0.357. The third-order valence-corrected chi connectivity index (χ3v) is 3.98. The smallest absolute Gasteiger partial charge is 0.335 e. The topological polar surface area (TPSA) is 37.3 Å². The molecule has 2 nitrogen and oxygen atoms in total. The highest BCUT2D eigenvalue weighted by atomic mass is 16.4. The Labute approximate surface area is 94.6 Å². The Morgan fingerprint density at radius 1 is 1.31 bits per heavy atom. The van der Waals surface area contributed by atoms with Crippen molar-refractivity contribution in [2.24, 2.45) is 5.92 Å². The average Bonchev–Trinajstić information content (AvgIpc) is 2.90. The van der Waals surface area contributed by atoms with E-state index in [4.69, 9.17) is 5.11 Å². The van der Waals surface area contributed by atoms with Crippen LogP contribution >= 0.6 is 0 Å². The van der Waals surface area contributed by atoms with Crippen molar-refractivity contribution in [1.82, 2.24) is 0 Å². The first-order chi connectivity index (χ1) is 7.70. The molecule has 82 valence electrons. The van der Waals surface area contributed by atoms with Gasteiger partial charge in [-0.1, -0.05) is 24.3 Å². The van der Waals surface area contributed by atoms with Crippen molar-refractivity contribution in [3.63, 3.8) is 0 Å². The average molecular weight is 214 g/mol. The number of carboxylic acid groups (broad SMARTS) is 1. The van der Waals surface area contributed by atoms with E-state index < -0.39 is 5.97 Å². The van der Waals surface area contributed by atoms with Gasteiger partial charge in [-0.05, 0) is 42.9 Å². The fourth-order valence-electron chi connectivity index (χ4n) is 3.05. The van der Waals surface area contributed by atoms with Crippen molar-refractivity contribution in [1.29, 1.82) is 0 Å². The number of benzene rings is 1. The molecule has 2 atom stereocenters. The molecule has 0 amide bonds. The van der Waals surface area contributed by atoms with E-state index >= 15 is 0 Å². The molecule has 1 aromatic carbocycles. The summed E-state index contributed by atoms with van der Waals surface area (Å²) in [6.45, 7) is 0. The number of hydrogen-bond acceptors (Lipinski definition) is 1. The minimum atomic E-state index is -0.852. The lowest BCUT2D eigenvalue weighted by Gasteiger charge is -2.24. The highest BCUT2D eigenvalue weighted by molar-refractivity contribution is 5.87. The van der Waals surface area contributed by atoms with Crippen LogP contribution in [-0.4, -0.2) is 11.1 Å². The summed E-state index contributed by atoms with van der Waals surface area (Å²) >= 11 is 0. The van der Waals surface area contributed by atoms with E-state index in [2.05, 4.69) is 12.2 Å². The summed E-state index contributed by atoms with van der Waals surface area (Å²) in [7, 11) is 0. The van der Waals surface area contributed by atoms with Crippen LogP contribution in [0.1, 0.15) is 35.2 Å². The van der Waals surface area contributed by atoms with E-state index in [0.717, 1.165) is 5.92 Å².